The Bertz CT molecular complexity index is 1190. The van der Waals surface area contributed by atoms with Gasteiger partial charge in [-0.05, 0) is 88.3 Å². The van der Waals surface area contributed by atoms with Gasteiger partial charge in [-0.1, -0.05) is 37.6 Å². The lowest BCUT2D eigenvalue weighted by Crippen LogP contribution is -2.54. The van der Waals surface area contributed by atoms with Gasteiger partial charge in [0.25, 0.3) is 5.79 Å². The molecule has 1 aliphatic heterocycles. The highest BCUT2D eigenvalue weighted by molar-refractivity contribution is 6.17. The maximum Gasteiger partial charge on any atom is 0.331 e. The number of aliphatic imine (C=N–C) groups is 1. The van der Waals surface area contributed by atoms with E-state index in [2.05, 4.69) is 38.1 Å². The van der Waals surface area contributed by atoms with E-state index in [0.29, 0.717) is 24.5 Å². The number of carbonyl (C=O) groups excluding carboxylic acids is 2. The zero-order valence-electron chi connectivity index (χ0n) is 26.6. The lowest BCUT2D eigenvalue weighted by atomic mass is 9.97. The summed E-state index contributed by atoms with van der Waals surface area (Å²) >= 11 is 0. The van der Waals surface area contributed by atoms with Gasteiger partial charge in [0.1, 0.15) is 5.84 Å². The first-order valence-electron chi connectivity index (χ1n) is 15.1. The highest BCUT2D eigenvalue weighted by atomic mass is 16.7. The zero-order chi connectivity index (χ0) is 31.1. The molecule has 0 amide bonds. The highest BCUT2D eigenvalue weighted by Crippen LogP contribution is 2.30. The minimum absolute atomic E-state index is 0.109. The first-order valence-corrected chi connectivity index (χ1v) is 15.1. The number of unbranched alkanes of at least 4 members (excludes halogenated alkanes) is 1. The summed E-state index contributed by atoms with van der Waals surface area (Å²) in [5, 5.41) is 10.3. The fourth-order valence-electron chi connectivity index (χ4n) is 5.02. The summed E-state index contributed by atoms with van der Waals surface area (Å²) in [5.74, 6) is -3.73. The summed E-state index contributed by atoms with van der Waals surface area (Å²) in [6.45, 7) is 11.4. The molecule has 3 rings (SSSR count). The molecule has 1 saturated heterocycles. The number of amidine groups is 1. The summed E-state index contributed by atoms with van der Waals surface area (Å²) < 4.78 is 11.1. The molecule has 0 bridgehead atoms. The summed E-state index contributed by atoms with van der Waals surface area (Å²) in [6, 6.07) is 16.0. The molecular formula is C34H49N3O5. The number of nitrogens with zero attached hydrogens (tertiary/aromatic N) is 3. The number of aliphatic hydroxyl groups is 1. The smallest absolute Gasteiger partial charge is 0.331 e. The number of hydrogen-bond acceptors (Lipinski definition) is 7. The molecule has 0 radical (unpaired) electrons. The molecule has 1 aliphatic rings. The quantitative estimate of drug-likeness (QED) is 0.127. The molecule has 8 heteroatoms. The van der Waals surface area contributed by atoms with Crippen LogP contribution in [0, 0.1) is 5.92 Å². The molecule has 0 saturated carbocycles. The van der Waals surface area contributed by atoms with E-state index in [9.17, 15) is 14.7 Å². The number of benzene rings is 2. The van der Waals surface area contributed by atoms with Crippen molar-refractivity contribution in [3.8, 4) is 0 Å². The molecule has 42 heavy (non-hydrogen) atoms. The van der Waals surface area contributed by atoms with Gasteiger partial charge in [-0.15, -0.1) is 0 Å². The molecule has 230 valence electrons. The Balaban J connectivity index is 2.07. The van der Waals surface area contributed by atoms with Gasteiger partial charge in [-0.2, -0.15) is 0 Å². The summed E-state index contributed by atoms with van der Waals surface area (Å²) in [5.41, 5.74) is 3.16. The number of anilines is 1. The van der Waals surface area contributed by atoms with E-state index in [-0.39, 0.29) is 6.04 Å². The van der Waals surface area contributed by atoms with Crippen LogP contribution in [0.2, 0.25) is 0 Å². The Morgan fingerprint density at radius 3 is 2.07 bits per heavy atom. The van der Waals surface area contributed by atoms with Crippen LogP contribution in [0.15, 0.2) is 53.5 Å². The molecule has 1 fully saturated rings. The van der Waals surface area contributed by atoms with Gasteiger partial charge in [0.05, 0.1) is 11.3 Å². The van der Waals surface area contributed by atoms with Crippen LogP contribution in [-0.4, -0.2) is 59.3 Å². The fraction of sp³-hybridized carbons (Fsp3) is 0.559. The average Bonchev–Trinajstić information content (AvgIpc) is 2.89. The average molecular weight is 580 g/mol. The van der Waals surface area contributed by atoms with Crippen molar-refractivity contribution in [3.63, 3.8) is 0 Å². The number of ether oxygens (including phenoxy) is 2. The molecule has 1 N–H and O–H groups in total. The standard InChI is InChI=1S/C34H49N3O5/c1-9-10-13-25-14-16-26(17-15-25)23-37(24(2)12-11-22-33(3,4)40)30(29-31(38)41-34(5,6)42-32(29)39)35-27-18-20-28(21-19-27)36(7)8/h14-21,24,29,40H,9-13,22-23H2,1-8H3. The van der Waals surface area contributed by atoms with Crippen LogP contribution in [-0.2, 0) is 32.0 Å². The third-order valence-electron chi connectivity index (χ3n) is 7.46. The monoisotopic (exact) mass is 579 g/mol. The van der Waals surface area contributed by atoms with Crippen molar-refractivity contribution < 1.29 is 24.2 Å². The molecule has 1 unspecified atom stereocenters. The topological polar surface area (TPSA) is 91.7 Å². The normalized spacial score (nSPS) is 16.5. The van der Waals surface area contributed by atoms with Crippen molar-refractivity contribution in [2.45, 2.75) is 104 Å². The van der Waals surface area contributed by atoms with Gasteiger partial charge in [-0.25, -0.2) is 4.99 Å². The second-order valence-corrected chi connectivity index (χ2v) is 12.7. The summed E-state index contributed by atoms with van der Waals surface area (Å²) in [6.07, 6.45) is 5.40. The molecule has 0 aliphatic carbocycles. The van der Waals surface area contributed by atoms with E-state index in [0.717, 1.165) is 43.4 Å². The van der Waals surface area contributed by atoms with Crippen LogP contribution >= 0.6 is 0 Å². The molecular weight excluding hydrogens is 530 g/mol. The second kappa shape index (κ2) is 14.2. The van der Waals surface area contributed by atoms with Crippen LogP contribution in [0.25, 0.3) is 0 Å². The third-order valence-corrected chi connectivity index (χ3v) is 7.46. The van der Waals surface area contributed by atoms with Gasteiger partial charge in [0.2, 0.25) is 5.92 Å². The predicted molar refractivity (Wildman–Crippen MR) is 168 cm³/mol. The largest absolute Gasteiger partial charge is 0.422 e. The molecule has 1 atom stereocenters. The molecule has 0 spiro atoms. The van der Waals surface area contributed by atoms with Crippen LogP contribution in [0.3, 0.4) is 0 Å². The van der Waals surface area contributed by atoms with Crippen molar-refractivity contribution in [1.82, 2.24) is 4.90 Å². The molecule has 2 aromatic rings. The minimum atomic E-state index is -1.35. The molecule has 8 nitrogen and oxygen atoms in total. The van der Waals surface area contributed by atoms with E-state index in [4.69, 9.17) is 14.5 Å². The Kier molecular flexibility index (Phi) is 11.2. The maximum atomic E-state index is 13.4. The van der Waals surface area contributed by atoms with Crippen LogP contribution < -0.4 is 4.90 Å². The van der Waals surface area contributed by atoms with Gasteiger partial charge >= 0.3 is 11.9 Å². The van der Waals surface area contributed by atoms with E-state index < -0.39 is 29.2 Å². The molecule has 1 heterocycles. The Hall–Kier alpha value is -3.39. The van der Waals surface area contributed by atoms with E-state index >= 15 is 0 Å². The van der Waals surface area contributed by atoms with Crippen molar-refractivity contribution in [2.24, 2.45) is 10.9 Å². The highest BCUT2D eigenvalue weighted by Gasteiger charge is 2.48. The van der Waals surface area contributed by atoms with Crippen LogP contribution in [0.4, 0.5) is 11.4 Å². The van der Waals surface area contributed by atoms with Crippen molar-refractivity contribution in [1.29, 1.82) is 0 Å². The Labute approximate surface area is 251 Å². The van der Waals surface area contributed by atoms with E-state index in [1.807, 2.05) is 48.2 Å². The molecule has 0 aromatic heterocycles. The first kappa shape index (κ1) is 33.1. The zero-order valence-corrected chi connectivity index (χ0v) is 26.6. The second-order valence-electron chi connectivity index (χ2n) is 12.7. The fourth-order valence-corrected chi connectivity index (χ4v) is 5.02. The number of esters is 2. The first-order chi connectivity index (χ1) is 19.7. The minimum Gasteiger partial charge on any atom is -0.422 e. The third kappa shape index (κ3) is 9.58. The lowest BCUT2D eigenvalue weighted by molar-refractivity contribution is -0.236. The van der Waals surface area contributed by atoms with Crippen molar-refractivity contribution >= 4 is 29.1 Å². The van der Waals surface area contributed by atoms with Crippen LogP contribution in [0.1, 0.15) is 84.8 Å². The van der Waals surface area contributed by atoms with E-state index in [1.54, 1.807) is 27.7 Å². The lowest BCUT2D eigenvalue weighted by Gasteiger charge is -2.39. The number of carbonyl (C=O) groups is 2. The van der Waals surface area contributed by atoms with Gasteiger partial charge in [0, 0.05) is 46.2 Å². The number of aryl methyl sites for hydroxylation is 1. The maximum absolute atomic E-state index is 13.4. The summed E-state index contributed by atoms with van der Waals surface area (Å²) in [4.78, 5) is 35.7. The Morgan fingerprint density at radius 2 is 1.55 bits per heavy atom. The number of cyclic esters (lactones) is 2. The van der Waals surface area contributed by atoms with Gasteiger partial charge < -0.3 is 24.4 Å². The van der Waals surface area contributed by atoms with Crippen molar-refractivity contribution in [2.75, 3.05) is 19.0 Å². The van der Waals surface area contributed by atoms with Gasteiger partial charge in [-0.3, -0.25) is 9.59 Å². The molecule has 2 aromatic carbocycles. The van der Waals surface area contributed by atoms with Crippen LogP contribution in [0.5, 0.6) is 0 Å². The van der Waals surface area contributed by atoms with Gasteiger partial charge in [0.15, 0.2) is 0 Å². The predicted octanol–water partition coefficient (Wildman–Crippen LogP) is 6.41. The number of rotatable bonds is 13. The Morgan fingerprint density at radius 1 is 0.976 bits per heavy atom. The van der Waals surface area contributed by atoms with E-state index in [1.165, 1.54) is 5.56 Å². The number of hydrogen-bond donors (Lipinski definition) is 1. The SMILES string of the molecule is CCCCc1ccc(CN(C(=Nc2ccc(N(C)C)cc2)C2C(=O)OC(C)(C)OC2=O)C(C)CCCC(C)(C)O)cc1. The summed E-state index contributed by atoms with van der Waals surface area (Å²) in [7, 11) is 3.92. The van der Waals surface area contributed by atoms with Crippen molar-refractivity contribution in [3.05, 3.63) is 59.7 Å².